The Morgan fingerprint density at radius 3 is 2.42 bits per heavy atom. The molecule has 2 heterocycles. The van der Waals surface area contributed by atoms with Crippen molar-refractivity contribution in [2.24, 2.45) is 0 Å². The molecule has 170 valence electrons. The number of hydrogen-bond donors (Lipinski definition) is 1. The number of carboxylic acid groups (broad SMARTS) is 1. The summed E-state index contributed by atoms with van der Waals surface area (Å²) in [5.74, 6) is -0.596. The normalized spacial score (nSPS) is 11.6. The monoisotopic (exact) mass is 521 g/mol. The number of fused-ring (bicyclic) bond motifs is 1. The fourth-order valence-corrected chi connectivity index (χ4v) is 5.86. The van der Waals surface area contributed by atoms with Gasteiger partial charge in [0.05, 0.1) is 16.1 Å². The molecule has 1 N–H and O–H groups in total. The number of nitrogens with zero attached hydrogens (tertiary/aromatic N) is 3. The average molecular weight is 522 g/mol. The third-order valence-corrected chi connectivity index (χ3v) is 7.77. The summed E-state index contributed by atoms with van der Waals surface area (Å²) in [6.45, 7) is -0.767. The summed E-state index contributed by atoms with van der Waals surface area (Å²) in [6, 6.07) is 14.4. The Kier molecular flexibility index (Phi) is 6.58. The Morgan fingerprint density at radius 2 is 1.82 bits per heavy atom. The largest absolute Gasteiger partial charge is 0.480 e. The zero-order valence-electron chi connectivity index (χ0n) is 17.1. The van der Waals surface area contributed by atoms with Gasteiger partial charge < -0.3 is 9.67 Å². The molecule has 0 bridgehead atoms. The maximum absolute atomic E-state index is 13.3. The van der Waals surface area contributed by atoms with E-state index in [0.717, 1.165) is 20.1 Å². The van der Waals surface area contributed by atoms with E-state index in [2.05, 4.69) is 4.98 Å². The number of aromatic nitrogens is 2. The summed E-state index contributed by atoms with van der Waals surface area (Å²) in [5.41, 5.74) is 0.992. The minimum atomic E-state index is -4.25. The number of sulfonamides is 1. The van der Waals surface area contributed by atoms with Crippen LogP contribution in [0.3, 0.4) is 0 Å². The molecule has 0 fully saturated rings. The van der Waals surface area contributed by atoms with Gasteiger partial charge in [-0.25, -0.2) is 13.4 Å². The van der Waals surface area contributed by atoms with Crippen LogP contribution in [0.5, 0.6) is 0 Å². The molecule has 0 saturated heterocycles. The highest BCUT2D eigenvalue weighted by Gasteiger charge is 2.28. The first-order chi connectivity index (χ1) is 15.7. The average Bonchev–Trinajstić information content (AvgIpc) is 3.20. The number of carboxylic acids is 1. The summed E-state index contributed by atoms with van der Waals surface area (Å²) < 4.78 is 29.3. The second-order valence-electron chi connectivity index (χ2n) is 7.00. The quantitative estimate of drug-likeness (QED) is 0.330. The maximum atomic E-state index is 13.3. The van der Waals surface area contributed by atoms with Gasteiger partial charge in [-0.2, -0.15) is 0 Å². The highest BCUT2D eigenvalue weighted by molar-refractivity contribution is 7.98. The molecule has 33 heavy (non-hydrogen) atoms. The minimum Gasteiger partial charge on any atom is -0.480 e. The van der Waals surface area contributed by atoms with Crippen molar-refractivity contribution in [3.05, 3.63) is 77.0 Å². The molecule has 0 spiro atoms. The van der Waals surface area contributed by atoms with E-state index < -0.39 is 22.5 Å². The van der Waals surface area contributed by atoms with Gasteiger partial charge in [-0.3, -0.25) is 9.10 Å². The fourth-order valence-electron chi connectivity index (χ4n) is 3.36. The third-order valence-electron chi connectivity index (χ3n) is 4.87. The summed E-state index contributed by atoms with van der Waals surface area (Å²) in [6.07, 6.45) is 5.57. The van der Waals surface area contributed by atoms with E-state index in [0.29, 0.717) is 5.82 Å². The van der Waals surface area contributed by atoms with Crippen molar-refractivity contribution in [1.29, 1.82) is 0 Å². The zero-order valence-corrected chi connectivity index (χ0v) is 20.3. The summed E-state index contributed by atoms with van der Waals surface area (Å²) >= 11 is 13.5. The number of pyridine rings is 1. The number of benzene rings is 2. The van der Waals surface area contributed by atoms with Crippen LogP contribution in [0.25, 0.3) is 16.7 Å². The van der Waals surface area contributed by atoms with Gasteiger partial charge >= 0.3 is 5.97 Å². The SMILES string of the molecule is CSc1ccc(-n2ccc3cc(N(CC(=O)O)S(=O)(=O)c4cc(Cl)cc(Cl)c4)ccc32)nc1. The predicted octanol–water partition coefficient (Wildman–Crippen LogP) is 5.33. The van der Waals surface area contributed by atoms with Crippen LogP contribution < -0.4 is 4.31 Å². The van der Waals surface area contributed by atoms with Crippen LogP contribution in [-0.4, -0.2) is 41.8 Å². The number of rotatable bonds is 7. The fraction of sp³-hybridized carbons (Fsp3) is 0.0909. The molecular formula is C22H17Cl2N3O4S2. The first kappa shape index (κ1) is 23.4. The maximum Gasteiger partial charge on any atom is 0.324 e. The number of anilines is 1. The van der Waals surface area contributed by atoms with Crippen LogP contribution in [0, 0.1) is 0 Å². The van der Waals surface area contributed by atoms with Crippen molar-refractivity contribution < 1.29 is 18.3 Å². The number of thioether (sulfide) groups is 1. The number of aliphatic carboxylic acids is 1. The smallest absolute Gasteiger partial charge is 0.324 e. The van der Waals surface area contributed by atoms with Gasteiger partial charge in [-0.05, 0) is 60.9 Å². The molecule has 7 nitrogen and oxygen atoms in total. The van der Waals surface area contributed by atoms with E-state index in [1.165, 1.54) is 18.2 Å². The Hall–Kier alpha value is -2.72. The third kappa shape index (κ3) is 4.81. The predicted molar refractivity (Wildman–Crippen MR) is 131 cm³/mol. The molecule has 0 saturated carbocycles. The molecule has 0 unspecified atom stereocenters. The molecular weight excluding hydrogens is 505 g/mol. The molecule has 0 amide bonds. The molecule has 0 aliphatic rings. The minimum absolute atomic E-state index is 0.129. The lowest BCUT2D eigenvalue weighted by Gasteiger charge is -2.23. The first-order valence-corrected chi connectivity index (χ1v) is 12.9. The molecule has 0 aliphatic heterocycles. The van der Waals surface area contributed by atoms with Crippen molar-refractivity contribution in [2.45, 2.75) is 9.79 Å². The van der Waals surface area contributed by atoms with E-state index >= 15 is 0 Å². The van der Waals surface area contributed by atoms with Crippen LogP contribution in [0.1, 0.15) is 0 Å². The molecule has 0 aliphatic carbocycles. The van der Waals surface area contributed by atoms with Gasteiger partial charge in [0, 0.05) is 32.7 Å². The molecule has 4 rings (SSSR count). The second-order valence-corrected chi connectivity index (χ2v) is 10.6. The van der Waals surface area contributed by atoms with Crippen molar-refractivity contribution in [3.8, 4) is 5.82 Å². The van der Waals surface area contributed by atoms with Crippen LogP contribution in [-0.2, 0) is 14.8 Å². The van der Waals surface area contributed by atoms with Gasteiger partial charge in [-0.1, -0.05) is 23.2 Å². The van der Waals surface area contributed by atoms with Gasteiger partial charge in [0.15, 0.2) is 0 Å². The zero-order chi connectivity index (χ0) is 23.8. The van der Waals surface area contributed by atoms with Crippen LogP contribution in [0.2, 0.25) is 10.0 Å². The lowest BCUT2D eigenvalue weighted by atomic mass is 10.2. The molecule has 0 radical (unpaired) electrons. The summed E-state index contributed by atoms with van der Waals surface area (Å²) in [7, 11) is -4.25. The lowest BCUT2D eigenvalue weighted by molar-refractivity contribution is -0.135. The van der Waals surface area contributed by atoms with Gasteiger partial charge in [-0.15, -0.1) is 11.8 Å². The van der Waals surface area contributed by atoms with Crippen LogP contribution in [0.4, 0.5) is 5.69 Å². The van der Waals surface area contributed by atoms with Crippen molar-refractivity contribution in [3.63, 3.8) is 0 Å². The van der Waals surface area contributed by atoms with E-state index in [-0.39, 0.29) is 20.6 Å². The Morgan fingerprint density at radius 1 is 1.09 bits per heavy atom. The van der Waals surface area contributed by atoms with Crippen molar-refractivity contribution >= 4 is 67.5 Å². The molecule has 2 aromatic carbocycles. The highest BCUT2D eigenvalue weighted by Crippen LogP contribution is 2.31. The summed E-state index contributed by atoms with van der Waals surface area (Å²) in [4.78, 5) is 16.8. The van der Waals surface area contributed by atoms with E-state index in [1.807, 2.05) is 35.2 Å². The van der Waals surface area contributed by atoms with Gasteiger partial charge in [0.2, 0.25) is 0 Å². The van der Waals surface area contributed by atoms with Gasteiger partial charge in [0.1, 0.15) is 12.4 Å². The Labute approximate surface area is 204 Å². The highest BCUT2D eigenvalue weighted by atomic mass is 35.5. The number of hydrogen-bond acceptors (Lipinski definition) is 5. The topological polar surface area (TPSA) is 92.5 Å². The first-order valence-electron chi connectivity index (χ1n) is 9.51. The van der Waals surface area contributed by atoms with E-state index in [1.54, 1.807) is 36.2 Å². The standard InChI is InChI=1S/C22H17Cl2N3O4S2/c1-32-18-3-5-21(25-12-18)26-7-6-14-8-17(2-4-20(14)26)27(13-22(28)29)33(30,31)19-10-15(23)9-16(24)11-19/h2-12H,13H2,1H3,(H,28,29). The number of carbonyl (C=O) groups is 1. The second kappa shape index (κ2) is 9.26. The Balaban J connectivity index is 1.79. The molecule has 4 aromatic rings. The lowest BCUT2D eigenvalue weighted by Crippen LogP contribution is -2.35. The van der Waals surface area contributed by atoms with E-state index in [9.17, 15) is 18.3 Å². The summed E-state index contributed by atoms with van der Waals surface area (Å²) in [5, 5.41) is 10.4. The van der Waals surface area contributed by atoms with Crippen LogP contribution in [0.15, 0.2) is 76.8 Å². The van der Waals surface area contributed by atoms with Crippen molar-refractivity contribution in [2.75, 3.05) is 17.1 Å². The van der Waals surface area contributed by atoms with Gasteiger partial charge in [0.25, 0.3) is 10.0 Å². The molecule has 0 atom stereocenters. The van der Waals surface area contributed by atoms with E-state index in [4.69, 9.17) is 23.2 Å². The van der Waals surface area contributed by atoms with Crippen LogP contribution >= 0.6 is 35.0 Å². The van der Waals surface area contributed by atoms with Crippen molar-refractivity contribution in [1.82, 2.24) is 9.55 Å². The molecule has 11 heteroatoms. The number of halogens is 2. The Bertz CT molecular complexity index is 1430. The molecule has 2 aromatic heterocycles.